The topological polar surface area (TPSA) is 113 Å². The Hall–Kier alpha value is -3.22. The molecular formula is C21H17F3N2O5S2. The van der Waals surface area contributed by atoms with Crippen molar-refractivity contribution in [3.63, 3.8) is 0 Å². The largest absolute Gasteiger partial charge is 0.416 e. The Morgan fingerprint density at radius 2 is 1.52 bits per heavy atom. The van der Waals surface area contributed by atoms with E-state index in [4.69, 9.17) is 0 Å². The lowest BCUT2D eigenvalue weighted by Gasteiger charge is -2.14. The van der Waals surface area contributed by atoms with Crippen molar-refractivity contribution < 1.29 is 34.6 Å². The summed E-state index contributed by atoms with van der Waals surface area (Å²) in [5, 5.41) is 3.66. The van der Waals surface area contributed by atoms with Gasteiger partial charge < -0.3 is 0 Å². The van der Waals surface area contributed by atoms with Crippen LogP contribution in [0.4, 0.5) is 13.2 Å². The van der Waals surface area contributed by atoms with Gasteiger partial charge in [0.2, 0.25) is 0 Å². The molecule has 0 saturated heterocycles. The van der Waals surface area contributed by atoms with Crippen molar-refractivity contribution in [1.82, 2.24) is 4.83 Å². The van der Waals surface area contributed by atoms with E-state index < -0.39 is 42.3 Å². The molecule has 0 fully saturated rings. The zero-order chi connectivity index (χ0) is 24.3. The third-order valence-corrected chi connectivity index (χ3v) is 6.44. The maximum absolute atomic E-state index is 13.2. The van der Waals surface area contributed by atoms with Gasteiger partial charge in [-0.3, -0.25) is 4.55 Å². The Balaban J connectivity index is 1.98. The van der Waals surface area contributed by atoms with Gasteiger partial charge in [-0.2, -0.15) is 26.7 Å². The molecule has 33 heavy (non-hydrogen) atoms. The Morgan fingerprint density at radius 1 is 0.879 bits per heavy atom. The number of hydrazone groups is 1. The highest BCUT2D eigenvalue weighted by molar-refractivity contribution is 7.88. The Bertz CT molecular complexity index is 1390. The van der Waals surface area contributed by atoms with Gasteiger partial charge in [0.1, 0.15) is 4.90 Å². The molecule has 0 heterocycles. The number of hydrogen-bond donors (Lipinski definition) is 2. The predicted octanol–water partition coefficient (Wildman–Crippen LogP) is 4.07. The van der Waals surface area contributed by atoms with Gasteiger partial charge in [-0.15, -0.1) is 0 Å². The molecule has 3 rings (SSSR count). The predicted molar refractivity (Wildman–Crippen MR) is 116 cm³/mol. The zero-order valence-electron chi connectivity index (χ0n) is 16.7. The molecule has 0 amide bonds. The summed E-state index contributed by atoms with van der Waals surface area (Å²) < 4.78 is 97.1. The number of nitrogens with zero attached hydrogens (tertiary/aromatic N) is 1. The number of nitrogens with one attached hydrogen (secondary N) is 1. The first-order valence-corrected chi connectivity index (χ1v) is 12.3. The number of rotatable bonds is 7. The summed E-state index contributed by atoms with van der Waals surface area (Å²) in [6.45, 7) is 0. The van der Waals surface area contributed by atoms with Gasteiger partial charge in [-0.05, 0) is 29.3 Å². The van der Waals surface area contributed by atoms with Crippen LogP contribution < -0.4 is 4.83 Å². The fourth-order valence-corrected chi connectivity index (χ4v) is 4.59. The van der Waals surface area contributed by atoms with E-state index in [2.05, 4.69) is 5.10 Å². The van der Waals surface area contributed by atoms with Crippen LogP contribution in [0.15, 0.2) is 82.8 Å². The van der Waals surface area contributed by atoms with E-state index in [1.54, 1.807) is 30.3 Å². The monoisotopic (exact) mass is 498 g/mol. The molecule has 0 aliphatic carbocycles. The lowest BCUT2D eigenvalue weighted by molar-refractivity contribution is -0.137. The Morgan fingerprint density at radius 3 is 2.15 bits per heavy atom. The van der Waals surface area contributed by atoms with Gasteiger partial charge in [-0.1, -0.05) is 54.6 Å². The molecule has 0 aromatic heterocycles. The third-order valence-electron chi connectivity index (χ3n) is 4.43. The van der Waals surface area contributed by atoms with E-state index in [1.165, 1.54) is 24.3 Å². The van der Waals surface area contributed by atoms with E-state index in [1.807, 2.05) is 4.83 Å². The number of halogens is 3. The van der Waals surface area contributed by atoms with Crippen LogP contribution in [-0.4, -0.2) is 27.6 Å². The highest BCUT2D eigenvalue weighted by atomic mass is 32.2. The molecule has 0 spiro atoms. The summed E-state index contributed by atoms with van der Waals surface area (Å²) in [6, 6.07) is 15.8. The molecule has 0 bridgehead atoms. The first kappa shape index (κ1) is 24.4. The number of alkyl halides is 3. The second-order valence-electron chi connectivity index (χ2n) is 6.87. The first-order chi connectivity index (χ1) is 15.4. The summed E-state index contributed by atoms with van der Waals surface area (Å²) in [4.78, 5) is 1.27. The van der Waals surface area contributed by atoms with Crippen LogP contribution in [0.25, 0.3) is 11.1 Å². The van der Waals surface area contributed by atoms with Crippen LogP contribution >= 0.6 is 0 Å². The van der Waals surface area contributed by atoms with Crippen molar-refractivity contribution >= 4 is 26.4 Å². The molecule has 0 radical (unpaired) electrons. The number of sulfonamides is 1. The summed E-state index contributed by atoms with van der Waals surface area (Å²) in [5.41, 5.74) is -0.921. The van der Waals surface area contributed by atoms with E-state index in [0.717, 1.165) is 6.21 Å². The standard InChI is InChI=1S/C21H17F3N2O5S2/c22-21(23,24)17-10-11-20(33(29,30)31)19(12-17)18-9-5-4-8-16(18)13-25-26-32(27,28)14-15-6-2-1-3-7-15/h1-13,26H,14H2,(H,29,30,31)/b25-13+. The second kappa shape index (κ2) is 9.33. The van der Waals surface area contributed by atoms with Crippen molar-refractivity contribution in [2.45, 2.75) is 16.8 Å². The molecule has 174 valence electrons. The maximum atomic E-state index is 13.2. The fourth-order valence-electron chi connectivity index (χ4n) is 3.00. The summed E-state index contributed by atoms with van der Waals surface area (Å²) in [7, 11) is -8.73. The lowest BCUT2D eigenvalue weighted by Crippen LogP contribution is -2.20. The van der Waals surface area contributed by atoms with Gasteiger partial charge in [0.05, 0.1) is 17.5 Å². The first-order valence-electron chi connectivity index (χ1n) is 9.21. The molecule has 2 N–H and O–H groups in total. The van der Waals surface area contributed by atoms with Crippen molar-refractivity contribution in [2.24, 2.45) is 5.10 Å². The highest BCUT2D eigenvalue weighted by Crippen LogP contribution is 2.36. The van der Waals surface area contributed by atoms with Gasteiger partial charge in [-0.25, -0.2) is 13.2 Å². The molecule has 0 atom stereocenters. The summed E-state index contributed by atoms with van der Waals surface area (Å²) in [5.74, 6) is -0.354. The van der Waals surface area contributed by atoms with Gasteiger partial charge >= 0.3 is 6.18 Å². The quantitative estimate of drug-likeness (QED) is 0.290. The van der Waals surface area contributed by atoms with Crippen LogP contribution in [0.5, 0.6) is 0 Å². The van der Waals surface area contributed by atoms with E-state index in [-0.39, 0.29) is 16.9 Å². The Labute approximate surface area is 188 Å². The molecule has 0 unspecified atom stereocenters. The smallest absolute Gasteiger partial charge is 0.282 e. The maximum Gasteiger partial charge on any atom is 0.416 e. The number of benzene rings is 3. The minimum absolute atomic E-state index is 0.0118. The lowest BCUT2D eigenvalue weighted by atomic mass is 9.98. The van der Waals surface area contributed by atoms with Crippen LogP contribution in [0.1, 0.15) is 16.7 Å². The minimum Gasteiger partial charge on any atom is -0.282 e. The van der Waals surface area contributed by atoms with Crippen LogP contribution in [0, 0.1) is 0 Å². The van der Waals surface area contributed by atoms with Gasteiger partial charge in [0, 0.05) is 11.1 Å². The molecular weight excluding hydrogens is 481 g/mol. The minimum atomic E-state index is -4.86. The third kappa shape index (κ3) is 6.40. The second-order valence-corrected chi connectivity index (χ2v) is 9.96. The van der Waals surface area contributed by atoms with Crippen molar-refractivity contribution in [3.05, 3.63) is 89.5 Å². The Kier molecular flexibility index (Phi) is 6.91. The SMILES string of the molecule is O=S(=O)(Cc1ccccc1)N/N=C/c1ccccc1-c1cc(C(F)(F)F)ccc1S(=O)(=O)O. The van der Waals surface area contributed by atoms with E-state index in [0.29, 0.717) is 23.8 Å². The summed E-state index contributed by atoms with van der Waals surface area (Å²) >= 11 is 0. The van der Waals surface area contributed by atoms with Crippen molar-refractivity contribution in [2.75, 3.05) is 0 Å². The molecule has 0 saturated carbocycles. The highest BCUT2D eigenvalue weighted by Gasteiger charge is 2.32. The normalized spacial score (nSPS) is 12.7. The molecule has 0 aliphatic heterocycles. The van der Waals surface area contributed by atoms with Crippen LogP contribution in [0.3, 0.4) is 0 Å². The van der Waals surface area contributed by atoms with Crippen LogP contribution in [-0.2, 0) is 32.1 Å². The fraction of sp³-hybridized carbons (Fsp3) is 0.0952. The van der Waals surface area contributed by atoms with E-state index in [9.17, 15) is 34.6 Å². The van der Waals surface area contributed by atoms with Crippen molar-refractivity contribution in [3.8, 4) is 11.1 Å². The zero-order valence-corrected chi connectivity index (χ0v) is 18.3. The molecule has 12 heteroatoms. The average molecular weight is 499 g/mol. The number of hydrogen-bond acceptors (Lipinski definition) is 5. The molecule has 7 nitrogen and oxygen atoms in total. The van der Waals surface area contributed by atoms with Gasteiger partial charge in [0.25, 0.3) is 20.1 Å². The molecule has 3 aromatic carbocycles. The van der Waals surface area contributed by atoms with Crippen LogP contribution in [0.2, 0.25) is 0 Å². The average Bonchev–Trinajstić information content (AvgIpc) is 2.72. The van der Waals surface area contributed by atoms with Crippen molar-refractivity contribution in [1.29, 1.82) is 0 Å². The van der Waals surface area contributed by atoms with E-state index >= 15 is 0 Å². The van der Waals surface area contributed by atoms with Gasteiger partial charge in [0.15, 0.2) is 0 Å². The molecule has 3 aromatic rings. The molecule has 0 aliphatic rings. The summed E-state index contributed by atoms with van der Waals surface area (Å²) in [6.07, 6.45) is -3.73.